The van der Waals surface area contributed by atoms with E-state index in [1.165, 1.54) is 5.56 Å². The number of H-pyrrole nitrogens is 1. The summed E-state index contributed by atoms with van der Waals surface area (Å²) >= 11 is 0. The third-order valence-corrected chi connectivity index (χ3v) is 7.67. The number of nitrogens with one attached hydrogen (secondary N) is 1. The fourth-order valence-electron chi connectivity index (χ4n) is 5.56. The van der Waals surface area contributed by atoms with Gasteiger partial charge in [0.05, 0.1) is 18.8 Å². The molecule has 3 aromatic rings. The van der Waals surface area contributed by atoms with Gasteiger partial charge in [0.25, 0.3) is 0 Å². The first-order chi connectivity index (χ1) is 17.4. The van der Waals surface area contributed by atoms with Crippen molar-refractivity contribution in [3.05, 3.63) is 53.5 Å². The van der Waals surface area contributed by atoms with Gasteiger partial charge in [-0.2, -0.15) is 5.10 Å². The van der Waals surface area contributed by atoms with E-state index in [2.05, 4.69) is 20.1 Å². The number of methoxy groups -OCH3 is 1. The Balaban J connectivity index is 1.36. The van der Waals surface area contributed by atoms with Crippen LogP contribution in [-0.4, -0.2) is 57.9 Å². The number of aromatic nitrogens is 3. The van der Waals surface area contributed by atoms with Crippen LogP contribution in [0.2, 0.25) is 0 Å². The zero-order chi connectivity index (χ0) is 25.5. The minimum atomic E-state index is -1.10. The number of benzene rings is 1. The summed E-state index contributed by atoms with van der Waals surface area (Å²) in [6, 6.07) is 7.31. The van der Waals surface area contributed by atoms with Crippen LogP contribution in [0, 0.1) is 18.8 Å². The van der Waals surface area contributed by atoms with Crippen molar-refractivity contribution in [3.63, 3.8) is 0 Å². The summed E-state index contributed by atoms with van der Waals surface area (Å²) in [5.41, 5.74) is 3.78. The number of fused-ring (bicyclic) bond motifs is 1. The molecule has 2 aromatic heterocycles. The predicted octanol–water partition coefficient (Wildman–Crippen LogP) is 5.50. The minimum absolute atomic E-state index is 0.164. The van der Waals surface area contributed by atoms with Gasteiger partial charge >= 0.3 is 5.97 Å². The smallest absolute Gasteiger partial charge is 0.303 e. The van der Waals surface area contributed by atoms with E-state index in [1.807, 2.05) is 31.3 Å². The number of carboxylic acid groups (broad SMARTS) is 1. The number of aromatic amines is 1. The summed E-state index contributed by atoms with van der Waals surface area (Å²) in [6.45, 7) is 4.89. The molecule has 0 saturated carbocycles. The number of aliphatic carboxylic acids is 1. The largest absolute Gasteiger partial charge is 0.497 e. The van der Waals surface area contributed by atoms with Crippen LogP contribution in [-0.2, 0) is 11.2 Å². The fourth-order valence-corrected chi connectivity index (χ4v) is 5.56. The van der Waals surface area contributed by atoms with Gasteiger partial charge in [0, 0.05) is 30.2 Å². The van der Waals surface area contributed by atoms with Gasteiger partial charge in [0.2, 0.25) is 0 Å². The number of alkyl halides is 1. The van der Waals surface area contributed by atoms with Gasteiger partial charge in [-0.3, -0.25) is 14.9 Å². The summed E-state index contributed by atoms with van der Waals surface area (Å²) in [5, 5.41) is 17.2. The van der Waals surface area contributed by atoms with Crippen molar-refractivity contribution < 1.29 is 19.0 Å². The molecule has 2 N–H and O–H groups in total. The first-order valence-electron chi connectivity index (χ1n) is 12.9. The minimum Gasteiger partial charge on any atom is -0.497 e. The zero-order valence-electron chi connectivity index (χ0n) is 21.3. The van der Waals surface area contributed by atoms with Crippen molar-refractivity contribution in [1.29, 1.82) is 0 Å². The molecule has 7 nitrogen and oxygen atoms in total. The molecule has 0 aliphatic carbocycles. The summed E-state index contributed by atoms with van der Waals surface area (Å²) < 4.78 is 20.9. The van der Waals surface area contributed by atoms with E-state index in [0.717, 1.165) is 61.9 Å². The maximum Gasteiger partial charge on any atom is 0.303 e. The molecule has 36 heavy (non-hydrogen) atoms. The van der Waals surface area contributed by atoms with Gasteiger partial charge in [-0.25, -0.2) is 4.39 Å². The number of carbonyl (C=O) groups is 1. The maximum absolute atomic E-state index is 15.5. The van der Waals surface area contributed by atoms with Gasteiger partial charge < -0.3 is 14.7 Å². The molecular weight excluding hydrogens is 459 g/mol. The van der Waals surface area contributed by atoms with Crippen molar-refractivity contribution >= 4 is 16.9 Å². The standard InChI is InChI=1S/C28H37FN4O3/c1-19-21(17-31-32-19)4-3-14-33-15-12-20(22(18-33)6-10-28(34)35)5-8-26(29)24-11-13-30-27-9-7-23(36-2)16-25(24)27/h7,9,11,13,16-17,20,22,26H,3-6,8,10,12,14-15,18H2,1-2H3,(H,31,32)(H,34,35)/t20-,22+,26?/m1/s1. The Bertz CT molecular complexity index is 1150. The number of pyridine rings is 1. The Morgan fingerprint density at radius 2 is 2.17 bits per heavy atom. The molecule has 1 fully saturated rings. The second kappa shape index (κ2) is 12.3. The maximum atomic E-state index is 15.5. The van der Waals surface area contributed by atoms with Crippen molar-refractivity contribution in [3.8, 4) is 5.75 Å². The lowest BCUT2D eigenvalue weighted by Gasteiger charge is -2.39. The highest BCUT2D eigenvalue weighted by atomic mass is 19.1. The van der Waals surface area contributed by atoms with E-state index >= 15 is 4.39 Å². The van der Waals surface area contributed by atoms with Crippen LogP contribution in [0.3, 0.4) is 0 Å². The van der Waals surface area contributed by atoms with E-state index in [1.54, 1.807) is 19.4 Å². The summed E-state index contributed by atoms with van der Waals surface area (Å²) in [7, 11) is 1.60. The quantitative estimate of drug-likeness (QED) is 0.344. The highest BCUT2D eigenvalue weighted by molar-refractivity contribution is 5.83. The van der Waals surface area contributed by atoms with Crippen LogP contribution in [0.15, 0.2) is 36.7 Å². The predicted molar refractivity (Wildman–Crippen MR) is 138 cm³/mol. The van der Waals surface area contributed by atoms with E-state index in [0.29, 0.717) is 30.1 Å². The zero-order valence-corrected chi connectivity index (χ0v) is 21.3. The second-order valence-electron chi connectivity index (χ2n) is 9.99. The first kappa shape index (κ1) is 26.1. The SMILES string of the molecule is COc1ccc2nccc(C(F)CC[C@@H]3CCN(CCCc4cn[nH]c4C)C[C@@H]3CCC(=O)O)c2c1. The number of likely N-dealkylation sites (tertiary alicyclic amines) is 1. The highest BCUT2D eigenvalue weighted by Crippen LogP contribution is 2.36. The van der Waals surface area contributed by atoms with E-state index < -0.39 is 12.1 Å². The van der Waals surface area contributed by atoms with Crippen LogP contribution < -0.4 is 4.74 Å². The fraction of sp³-hybridized carbons (Fsp3) is 0.536. The molecule has 1 aromatic carbocycles. The third-order valence-electron chi connectivity index (χ3n) is 7.67. The number of ether oxygens (including phenoxy) is 1. The number of piperidine rings is 1. The highest BCUT2D eigenvalue weighted by Gasteiger charge is 2.30. The van der Waals surface area contributed by atoms with Crippen LogP contribution >= 0.6 is 0 Å². The van der Waals surface area contributed by atoms with E-state index in [4.69, 9.17) is 4.74 Å². The Labute approximate surface area is 212 Å². The molecule has 0 amide bonds. The lowest BCUT2D eigenvalue weighted by molar-refractivity contribution is -0.137. The average molecular weight is 497 g/mol. The number of hydrogen-bond donors (Lipinski definition) is 2. The number of aryl methyl sites for hydroxylation is 2. The van der Waals surface area contributed by atoms with Crippen molar-refractivity contribution in [2.75, 3.05) is 26.7 Å². The molecule has 0 radical (unpaired) electrons. The molecular formula is C28H37FN4O3. The number of rotatable bonds is 12. The topological polar surface area (TPSA) is 91.3 Å². The van der Waals surface area contributed by atoms with E-state index in [9.17, 15) is 9.90 Å². The molecule has 4 rings (SSSR count). The molecule has 0 spiro atoms. The second-order valence-corrected chi connectivity index (χ2v) is 9.99. The van der Waals surface area contributed by atoms with Crippen molar-refractivity contribution in [1.82, 2.24) is 20.1 Å². The van der Waals surface area contributed by atoms with E-state index in [-0.39, 0.29) is 12.3 Å². The Morgan fingerprint density at radius 1 is 1.31 bits per heavy atom. The molecule has 3 atom stereocenters. The molecule has 1 unspecified atom stereocenters. The van der Waals surface area contributed by atoms with Gasteiger partial charge in [-0.15, -0.1) is 0 Å². The molecule has 0 bridgehead atoms. The normalized spacial score (nSPS) is 19.4. The molecule has 1 aliphatic rings. The van der Waals surface area contributed by atoms with Crippen LogP contribution in [0.25, 0.3) is 10.9 Å². The Kier molecular flexibility index (Phi) is 8.91. The van der Waals surface area contributed by atoms with Crippen LogP contribution in [0.5, 0.6) is 5.75 Å². The van der Waals surface area contributed by atoms with Gasteiger partial charge in [0.1, 0.15) is 11.9 Å². The number of nitrogens with zero attached hydrogens (tertiary/aromatic N) is 3. The van der Waals surface area contributed by atoms with Crippen LogP contribution in [0.4, 0.5) is 4.39 Å². The summed E-state index contributed by atoms with van der Waals surface area (Å²) in [4.78, 5) is 18.1. The average Bonchev–Trinajstić information content (AvgIpc) is 3.30. The first-order valence-corrected chi connectivity index (χ1v) is 12.9. The lowest BCUT2D eigenvalue weighted by atomic mass is 9.79. The number of halogens is 1. The molecule has 1 saturated heterocycles. The van der Waals surface area contributed by atoms with Crippen molar-refractivity contribution in [2.24, 2.45) is 11.8 Å². The van der Waals surface area contributed by atoms with Gasteiger partial charge in [-0.05, 0) is 106 Å². The third kappa shape index (κ3) is 6.60. The summed E-state index contributed by atoms with van der Waals surface area (Å²) in [6.07, 6.45) is 7.44. The molecule has 1 aliphatic heterocycles. The van der Waals surface area contributed by atoms with Crippen molar-refractivity contribution in [2.45, 2.75) is 58.0 Å². The molecule has 194 valence electrons. The lowest BCUT2D eigenvalue weighted by Crippen LogP contribution is -2.41. The number of hydrogen-bond acceptors (Lipinski definition) is 5. The van der Waals surface area contributed by atoms with Gasteiger partial charge in [0.15, 0.2) is 0 Å². The molecule has 3 heterocycles. The summed E-state index contributed by atoms with van der Waals surface area (Å²) in [5.74, 6) is 0.527. The molecule has 8 heteroatoms. The number of carboxylic acids is 1. The monoisotopic (exact) mass is 496 g/mol. The Morgan fingerprint density at radius 3 is 2.92 bits per heavy atom. The Hall–Kier alpha value is -3.00. The van der Waals surface area contributed by atoms with Gasteiger partial charge in [-0.1, -0.05) is 0 Å². The van der Waals surface area contributed by atoms with Crippen LogP contribution in [0.1, 0.15) is 61.5 Å².